The molecule has 0 aliphatic carbocycles. The first-order valence-electron chi connectivity index (χ1n) is 7.02. The highest BCUT2D eigenvalue weighted by molar-refractivity contribution is 9.10. The van der Waals surface area contributed by atoms with Gasteiger partial charge in [0.1, 0.15) is 0 Å². The van der Waals surface area contributed by atoms with Gasteiger partial charge in [0.05, 0.1) is 0 Å². The van der Waals surface area contributed by atoms with E-state index in [2.05, 4.69) is 73.1 Å². The molecule has 0 radical (unpaired) electrons. The Morgan fingerprint density at radius 1 is 1.00 bits per heavy atom. The van der Waals surface area contributed by atoms with Gasteiger partial charge >= 0.3 is 0 Å². The standard InChI is InChI=1S/C18H22BrN/c1-13(2)15-6-4-14(5-7-15)12-18(3,20)16-8-10-17(19)11-9-16/h4-11,13H,12,20H2,1-3H3. The van der Waals surface area contributed by atoms with Gasteiger partial charge in [-0.3, -0.25) is 0 Å². The van der Waals surface area contributed by atoms with E-state index in [1.54, 1.807) is 0 Å². The smallest absolute Gasteiger partial charge is 0.0421 e. The fourth-order valence-corrected chi connectivity index (χ4v) is 2.64. The molecule has 1 atom stereocenters. The summed E-state index contributed by atoms with van der Waals surface area (Å²) >= 11 is 3.46. The van der Waals surface area contributed by atoms with Crippen LogP contribution in [0.4, 0.5) is 0 Å². The normalized spacial score (nSPS) is 14.3. The topological polar surface area (TPSA) is 26.0 Å². The fraction of sp³-hybridized carbons (Fsp3) is 0.333. The van der Waals surface area contributed by atoms with E-state index < -0.39 is 0 Å². The van der Waals surface area contributed by atoms with E-state index >= 15 is 0 Å². The molecule has 0 aliphatic heterocycles. The highest BCUT2D eigenvalue weighted by Gasteiger charge is 2.21. The van der Waals surface area contributed by atoms with Crippen LogP contribution in [-0.4, -0.2) is 0 Å². The van der Waals surface area contributed by atoms with E-state index in [4.69, 9.17) is 5.73 Å². The molecule has 2 aromatic carbocycles. The van der Waals surface area contributed by atoms with Gasteiger partial charge in [-0.15, -0.1) is 0 Å². The van der Waals surface area contributed by atoms with Crippen LogP contribution in [0.3, 0.4) is 0 Å². The Labute approximate surface area is 130 Å². The molecule has 2 N–H and O–H groups in total. The minimum Gasteiger partial charge on any atom is -0.321 e. The molecule has 2 aromatic rings. The number of nitrogens with two attached hydrogens (primary N) is 1. The average molecular weight is 332 g/mol. The van der Waals surface area contributed by atoms with Crippen molar-refractivity contribution in [3.8, 4) is 0 Å². The lowest BCUT2D eigenvalue weighted by atomic mass is 9.86. The van der Waals surface area contributed by atoms with Crippen molar-refractivity contribution in [1.29, 1.82) is 0 Å². The second-order valence-electron chi connectivity index (χ2n) is 6.00. The molecule has 0 amide bonds. The zero-order chi connectivity index (χ0) is 14.8. The highest BCUT2D eigenvalue weighted by Crippen LogP contribution is 2.25. The summed E-state index contributed by atoms with van der Waals surface area (Å²) in [4.78, 5) is 0. The van der Waals surface area contributed by atoms with Gasteiger partial charge in [0.25, 0.3) is 0 Å². The summed E-state index contributed by atoms with van der Waals surface area (Å²) in [7, 11) is 0. The van der Waals surface area contributed by atoms with Gasteiger partial charge in [0, 0.05) is 10.0 Å². The Hall–Kier alpha value is -1.12. The molecule has 0 aliphatic rings. The Balaban J connectivity index is 2.17. The number of benzene rings is 2. The molecule has 0 fully saturated rings. The molecule has 0 bridgehead atoms. The maximum atomic E-state index is 6.50. The van der Waals surface area contributed by atoms with Gasteiger partial charge in [0.15, 0.2) is 0 Å². The molecule has 0 saturated heterocycles. The molecule has 1 nitrogen and oxygen atoms in total. The van der Waals surface area contributed by atoms with Crippen molar-refractivity contribution in [1.82, 2.24) is 0 Å². The minimum absolute atomic E-state index is 0.347. The van der Waals surface area contributed by atoms with Gasteiger partial charge in [-0.05, 0) is 48.1 Å². The van der Waals surface area contributed by atoms with Crippen molar-refractivity contribution in [2.24, 2.45) is 5.73 Å². The summed E-state index contributed by atoms with van der Waals surface area (Å²) in [5.74, 6) is 0.569. The zero-order valence-corrected chi connectivity index (χ0v) is 13.9. The van der Waals surface area contributed by atoms with Gasteiger partial charge in [0.2, 0.25) is 0 Å². The molecule has 1 unspecified atom stereocenters. The van der Waals surface area contributed by atoms with Crippen LogP contribution in [0, 0.1) is 0 Å². The molecule has 106 valence electrons. The van der Waals surface area contributed by atoms with E-state index in [0.717, 1.165) is 16.5 Å². The monoisotopic (exact) mass is 331 g/mol. The Bertz CT molecular complexity index is 553. The molecule has 2 heteroatoms. The SMILES string of the molecule is CC(C)c1ccc(CC(C)(N)c2ccc(Br)cc2)cc1. The molecule has 2 rings (SSSR count). The van der Waals surface area contributed by atoms with Crippen molar-refractivity contribution >= 4 is 15.9 Å². The van der Waals surface area contributed by atoms with Crippen molar-refractivity contribution < 1.29 is 0 Å². The summed E-state index contributed by atoms with van der Waals surface area (Å²) in [5.41, 5.74) is 9.97. The van der Waals surface area contributed by atoms with Crippen LogP contribution in [-0.2, 0) is 12.0 Å². The lowest BCUT2D eigenvalue weighted by Crippen LogP contribution is -2.35. The second-order valence-corrected chi connectivity index (χ2v) is 6.91. The summed E-state index contributed by atoms with van der Waals surface area (Å²) in [6.45, 7) is 6.51. The van der Waals surface area contributed by atoms with Crippen molar-refractivity contribution in [3.05, 3.63) is 69.7 Å². The van der Waals surface area contributed by atoms with E-state index in [1.807, 2.05) is 12.1 Å². The average Bonchev–Trinajstić information content (AvgIpc) is 2.39. The predicted molar refractivity (Wildman–Crippen MR) is 89.9 cm³/mol. The number of rotatable bonds is 4. The molecular weight excluding hydrogens is 310 g/mol. The van der Waals surface area contributed by atoms with Crippen LogP contribution < -0.4 is 5.73 Å². The summed E-state index contributed by atoms with van der Waals surface area (Å²) in [6, 6.07) is 17.1. The molecular formula is C18H22BrN. The van der Waals surface area contributed by atoms with Crippen molar-refractivity contribution in [3.63, 3.8) is 0 Å². The first kappa shape index (κ1) is 15.3. The van der Waals surface area contributed by atoms with E-state index in [-0.39, 0.29) is 5.54 Å². The molecule has 0 heterocycles. The van der Waals surface area contributed by atoms with Gasteiger partial charge < -0.3 is 5.73 Å². The number of hydrogen-bond donors (Lipinski definition) is 1. The molecule has 0 spiro atoms. The van der Waals surface area contributed by atoms with Crippen molar-refractivity contribution in [2.45, 2.75) is 38.6 Å². The van der Waals surface area contributed by atoms with Crippen LogP contribution in [0.25, 0.3) is 0 Å². The highest BCUT2D eigenvalue weighted by atomic mass is 79.9. The van der Waals surface area contributed by atoms with Gasteiger partial charge in [-0.1, -0.05) is 66.2 Å². The third-order valence-electron chi connectivity index (χ3n) is 3.72. The maximum absolute atomic E-state index is 6.50. The van der Waals surface area contributed by atoms with E-state index in [1.165, 1.54) is 11.1 Å². The summed E-state index contributed by atoms with van der Waals surface area (Å²) in [5, 5.41) is 0. The Morgan fingerprint density at radius 3 is 2.05 bits per heavy atom. The Kier molecular flexibility index (Phi) is 4.66. The van der Waals surface area contributed by atoms with Gasteiger partial charge in [-0.25, -0.2) is 0 Å². The minimum atomic E-state index is -0.347. The van der Waals surface area contributed by atoms with E-state index in [9.17, 15) is 0 Å². The molecule has 0 aromatic heterocycles. The lowest BCUT2D eigenvalue weighted by Gasteiger charge is -2.25. The largest absolute Gasteiger partial charge is 0.321 e. The number of halogens is 1. The fourth-order valence-electron chi connectivity index (χ4n) is 2.38. The second kappa shape index (κ2) is 6.11. The third-order valence-corrected chi connectivity index (χ3v) is 4.25. The maximum Gasteiger partial charge on any atom is 0.0421 e. The molecule has 20 heavy (non-hydrogen) atoms. The Morgan fingerprint density at radius 2 is 1.55 bits per heavy atom. The lowest BCUT2D eigenvalue weighted by molar-refractivity contribution is 0.491. The van der Waals surface area contributed by atoms with Crippen LogP contribution >= 0.6 is 15.9 Å². The molecule has 0 saturated carbocycles. The van der Waals surface area contributed by atoms with Crippen LogP contribution in [0.5, 0.6) is 0 Å². The summed E-state index contributed by atoms with van der Waals surface area (Å²) < 4.78 is 1.08. The quantitative estimate of drug-likeness (QED) is 0.839. The van der Waals surface area contributed by atoms with Crippen LogP contribution in [0.2, 0.25) is 0 Å². The zero-order valence-electron chi connectivity index (χ0n) is 12.4. The van der Waals surface area contributed by atoms with Gasteiger partial charge in [-0.2, -0.15) is 0 Å². The first-order valence-corrected chi connectivity index (χ1v) is 7.81. The van der Waals surface area contributed by atoms with Crippen LogP contribution in [0.15, 0.2) is 53.0 Å². The van der Waals surface area contributed by atoms with Crippen LogP contribution in [0.1, 0.15) is 43.4 Å². The number of hydrogen-bond acceptors (Lipinski definition) is 1. The predicted octanol–water partition coefficient (Wildman–Crippen LogP) is 4.99. The van der Waals surface area contributed by atoms with Crippen molar-refractivity contribution in [2.75, 3.05) is 0 Å². The third kappa shape index (κ3) is 3.71. The van der Waals surface area contributed by atoms with E-state index in [0.29, 0.717) is 5.92 Å². The summed E-state index contributed by atoms with van der Waals surface area (Å²) in [6.07, 6.45) is 0.840. The first-order chi connectivity index (χ1) is 9.38.